The second-order valence-electron chi connectivity index (χ2n) is 6.12. The number of imide groups is 1. The van der Waals surface area contributed by atoms with Crippen LogP contribution in [0, 0.1) is 11.3 Å². The molecular weight excluding hydrogens is 380 g/mol. The zero-order valence-electron chi connectivity index (χ0n) is 16.7. The summed E-state index contributed by atoms with van der Waals surface area (Å²) in [7, 11) is 1.50. The van der Waals surface area contributed by atoms with Gasteiger partial charge >= 0.3 is 0 Å². The Morgan fingerprint density at radius 3 is 2.17 bits per heavy atom. The van der Waals surface area contributed by atoms with Gasteiger partial charge < -0.3 is 16.2 Å². The van der Waals surface area contributed by atoms with Crippen molar-refractivity contribution in [2.75, 3.05) is 25.1 Å². The van der Waals surface area contributed by atoms with Gasteiger partial charge in [-0.3, -0.25) is 9.59 Å². The van der Waals surface area contributed by atoms with E-state index in [0.717, 1.165) is 22.6 Å². The number of nitriles is 1. The Balaban J connectivity index is 0.00000155. The van der Waals surface area contributed by atoms with Crippen molar-refractivity contribution < 1.29 is 14.3 Å². The number of carbonyl (C=O) groups excluding carboxylic acids is 2. The van der Waals surface area contributed by atoms with Crippen molar-refractivity contribution in [1.29, 1.82) is 5.26 Å². The molecule has 0 aliphatic carbocycles. The first-order valence-electron chi connectivity index (χ1n) is 9.41. The molecule has 0 aromatic heterocycles. The van der Waals surface area contributed by atoms with Crippen molar-refractivity contribution in [3.05, 3.63) is 71.8 Å². The average molecular weight is 404 g/mol. The van der Waals surface area contributed by atoms with Gasteiger partial charge in [-0.15, -0.1) is 0 Å². The Morgan fingerprint density at radius 2 is 1.63 bits per heavy atom. The Labute approximate surface area is 175 Å². The van der Waals surface area contributed by atoms with Crippen LogP contribution in [-0.2, 0) is 9.59 Å². The van der Waals surface area contributed by atoms with Gasteiger partial charge in [-0.05, 0) is 61.5 Å². The van der Waals surface area contributed by atoms with Crippen LogP contribution in [0.5, 0.6) is 5.75 Å². The Bertz CT molecular complexity index is 953. The highest BCUT2D eigenvalue weighted by molar-refractivity contribution is 6.28. The summed E-state index contributed by atoms with van der Waals surface area (Å²) in [4.78, 5) is 24.6. The van der Waals surface area contributed by atoms with E-state index >= 15 is 0 Å². The molecule has 2 amide bonds. The number of hydrogen-bond acceptors (Lipinski definition) is 6. The minimum absolute atomic E-state index is 0.373. The van der Waals surface area contributed by atoms with Crippen LogP contribution in [0.2, 0.25) is 0 Å². The Hall–Kier alpha value is -3.73. The molecule has 1 aliphatic heterocycles. The van der Waals surface area contributed by atoms with E-state index in [4.69, 9.17) is 10.5 Å². The number of carbonyl (C=O) groups is 2. The molecule has 2 aromatic carbocycles. The molecule has 3 rings (SSSR count). The lowest BCUT2D eigenvalue weighted by molar-refractivity contribution is -0.119. The van der Waals surface area contributed by atoms with Crippen molar-refractivity contribution in [3.8, 4) is 11.8 Å². The Morgan fingerprint density at radius 1 is 1.03 bits per heavy atom. The quantitative estimate of drug-likeness (QED) is 0.316. The fourth-order valence-electron chi connectivity index (χ4n) is 2.73. The molecule has 0 unspecified atom stereocenters. The van der Waals surface area contributed by atoms with Crippen LogP contribution in [0.4, 0.5) is 5.69 Å². The predicted octanol–water partition coefficient (Wildman–Crippen LogP) is 2.48. The predicted molar refractivity (Wildman–Crippen MR) is 117 cm³/mol. The first kappa shape index (κ1) is 22.6. The van der Waals surface area contributed by atoms with Crippen LogP contribution >= 0.6 is 0 Å². The maximum atomic E-state index is 11.7. The molecule has 0 radical (unpaired) electrons. The Kier molecular flexibility index (Phi) is 8.51. The zero-order valence-corrected chi connectivity index (χ0v) is 16.7. The summed E-state index contributed by atoms with van der Waals surface area (Å²) in [5.74, 6) is 0.00663. The van der Waals surface area contributed by atoms with Crippen LogP contribution in [0.3, 0.4) is 0 Å². The van der Waals surface area contributed by atoms with Gasteiger partial charge in [0.1, 0.15) is 5.75 Å². The van der Waals surface area contributed by atoms with E-state index < -0.39 is 0 Å². The molecule has 7 nitrogen and oxygen atoms in total. The third-order valence-electron chi connectivity index (χ3n) is 4.17. The van der Waals surface area contributed by atoms with E-state index in [2.05, 4.69) is 11.8 Å². The normalized spacial score (nSPS) is 13.0. The van der Waals surface area contributed by atoms with Crippen LogP contribution in [0.1, 0.15) is 17.5 Å². The second kappa shape index (κ2) is 11.3. The van der Waals surface area contributed by atoms with Gasteiger partial charge in [0.05, 0.1) is 23.9 Å². The lowest BCUT2D eigenvalue weighted by Crippen LogP contribution is -2.29. The largest absolute Gasteiger partial charge is 0.494 e. The van der Waals surface area contributed by atoms with Crippen molar-refractivity contribution in [2.24, 2.45) is 11.5 Å². The van der Waals surface area contributed by atoms with Crippen molar-refractivity contribution in [2.45, 2.75) is 6.42 Å². The number of amides is 2. The maximum absolute atomic E-state index is 11.7. The van der Waals surface area contributed by atoms with E-state index in [1.807, 2.05) is 24.3 Å². The highest BCUT2D eigenvalue weighted by atomic mass is 16.5. The van der Waals surface area contributed by atoms with E-state index in [-0.39, 0.29) is 11.8 Å². The van der Waals surface area contributed by atoms with Gasteiger partial charge in [-0.2, -0.15) is 5.26 Å². The van der Waals surface area contributed by atoms with Gasteiger partial charge in [0.2, 0.25) is 0 Å². The average Bonchev–Trinajstić information content (AvgIpc) is 3.13. The van der Waals surface area contributed by atoms with Gasteiger partial charge in [0.15, 0.2) is 0 Å². The highest BCUT2D eigenvalue weighted by Crippen LogP contribution is 2.24. The summed E-state index contributed by atoms with van der Waals surface area (Å²) in [6.45, 7) is 1.15. The molecule has 1 heterocycles. The third-order valence-corrected chi connectivity index (χ3v) is 4.17. The van der Waals surface area contributed by atoms with Crippen molar-refractivity contribution in [1.82, 2.24) is 0 Å². The van der Waals surface area contributed by atoms with Crippen LogP contribution in [0.15, 0.2) is 60.7 Å². The third kappa shape index (κ3) is 5.64. The summed E-state index contributed by atoms with van der Waals surface area (Å²) in [6.07, 6.45) is 5.04. The topological polar surface area (TPSA) is 122 Å². The van der Waals surface area contributed by atoms with Crippen LogP contribution < -0.4 is 21.1 Å². The summed E-state index contributed by atoms with van der Waals surface area (Å²) in [5.41, 5.74) is 12.4. The summed E-state index contributed by atoms with van der Waals surface area (Å²) in [6, 6.07) is 16.4. The fraction of sp³-hybridized carbons (Fsp3) is 0.174. The molecule has 0 bridgehead atoms. The molecule has 7 heteroatoms. The van der Waals surface area contributed by atoms with Gasteiger partial charge in [-0.1, -0.05) is 24.3 Å². The smallest absolute Gasteiger partial charge is 0.258 e. The molecule has 30 heavy (non-hydrogen) atoms. The first-order chi connectivity index (χ1) is 14.6. The molecule has 0 fully saturated rings. The fourth-order valence-corrected chi connectivity index (χ4v) is 2.73. The summed E-state index contributed by atoms with van der Waals surface area (Å²) < 4.78 is 5.57. The SMILES string of the molecule is CN.N#C/C(=C\c1ccc(OCCCN)cc1)c1ccc(N2C(=O)C=CC2=O)cc1. The van der Waals surface area contributed by atoms with Crippen molar-refractivity contribution in [3.63, 3.8) is 0 Å². The number of nitrogens with zero attached hydrogens (tertiary/aromatic N) is 2. The lowest BCUT2D eigenvalue weighted by atomic mass is 10.0. The van der Waals surface area contributed by atoms with Crippen LogP contribution in [0.25, 0.3) is 11.6 Å². The minimum atomic E-state index is -0.373. The monoisotopic (exact) mass is 404 g/mol. The van der Waals surface area contributed by atoms with Gasteiger partial charge in [-0.25, -0.2) is 4.90 Å². The van der Waals surface area contributed by atoms with E-state index in [1.54, 1.807) is 30.3 Å². The minimum Gasteiger partial charge on any atom is -0.494 e. The van der Waals surface area contributed by atoms with Gasteiger partial charge in [0.25, 0.3) is 11.8 Å². The molecule has 0 spiro atoms. The molecule has 0 saturated heterocycles. The summed E-state index contributed by atoms with van der Waals surface area (Å²) >= 11 is 0. The number of ether oxygens (including phenoxy) is 1. The number of nitrogens with two attached hydrogens (primary N) is 2. The molecular formula is C23H24N4O3. The first-order valence-corrected chi connectivity index (χ1v) is 9.41. The summed E-state index contributed by atoms with van der Waals surface area (Å²) in [5, 5.41) is 9.52. The van der Waals surface area contributed by atoms with E-state index in [1.165, 1.54) is 19.2 Å². The van der Waals surface area contributed by atoms with E-state index in [0.29, 0.717) is 30.0 Å². The highest BCUT2D eigenvalue weighted by Gasteiger charge is 2.24. The number of benzene rings is 2. The number of allylic oxidation sites excluding steroid dienone is 1. The second-order valence-corrected chi connectivity index (χ2v) is 6.12. The standard InChI is InChI=1S/C22H19N3O3.CH5N/c23-12-1-13-28-20-8-2-16(3-9-20)14-18(15-24)17-4-6-19(7-5-17)25-21(26)10-11-22(25)27;1-2/h2-11,14H,1,12-13,23H2;2H2,1H3/b18-14+;. The maximum Gasteiger partial charge on any atom is 0.258 e. The van der Waals surface area contributed by atoms with Gasteiger partial charge in [0, 0.05) is 12.2 Å². The zero-order chi connectivity index (χ0) is 21.9. The molecule has 2 aromatic rings. The molecule has 154 valence electrons. The number of anilines is 1. The molecule has 4 N–H and O–H groups in total. The number of rotatable bonds is 7. The van der Waals surface area contributed by atoms with E-state index in [9.17, 15) is 14.9 Å². The molecule has 0 saturated carbocycles. The molecule has 1 aliphatic rings. The van der Waals surface area contributed by atoms with Crippen LogP contribution in [-0.4, -0.2) is 32.0 Å². The van der Waals surface area contributed by atoms with Crippen molar-refractivity contribution >= 4 is 29.2 Å². The molecule has 0 atom stereocenters. The number of hydrogen-bond donors (Lipinski definition) is 2. The lowest BCUT2D eigenvalue weighted by Gasteiger charge is -2.14.